The van der Waals surface area contributed by atoms with Crippen LogP contribution in [0.4, 0.5) is 6.01 Å². The van der Waals surface area contributed by atoms with E-state index in [0.717, 1.165) is 13.0 Å². The fourth-order valence-electron chi connectivity index (χ4n) is 0.969. The van der Waals surface area contributed by atoms with Crippen molar-refractivity contribution in [3.05, 3.63) is 5.89 Å². The molecule has 5 heteroatoms. The smallest absolute Gasteiger partial charge is 0.315 e. The summed E-state index contributed by atoms with van der Waals surface area (Å²) in [7, 11) is 0. The van der Waals surface area contributed by atoms with Gasteiger partial charge in [-0.15, -0.1) is 5.10 Å². The van der Waals surface area contributed by atoms with Crippen molar-refractivity contribution in [2.45, 2.75) is 46.2 Å². The molecule has 0 atom stereocenters. The van der Waals surface area contributed by atoms with Crippen molar-refractivity contribution < 1.29 is 4.42 Å². The molecule has 0 aromatic carbocycles. The van der Waals surface area contributed by atoms with Crippen molar-refractivity contribution in [3.63, 3.8) is 0 Å². The van der Waals surface area contributed by atoms with Gasteiger partial charge in [0.25, 0.3) is 0 Å². The molecule has 1 rings (SSSR count). The Morgan fingerprint density at radius 1 is 1.27 bits per heavy atom. The normalized spacial score (nSPS) is 11.7. The maximum atomic E-state index is 5.39. The number of nitrogens with one attached hydrogen (secondary N) is 2. The van der Waals surface area contributed by atoms with E-state index in [0.29, 0.717) is 18.5 Å². The van der Waals surface area contributed by atoms with Crippen molar-refractivity contribution in [2.24, 2.45) is 0 Å². The van der Waals surface area contributed by atoms with Crippen molar-refractivity contribution in [3.8, 4) is 0 Å². The molecule has 0 saturated carbocycles. The van der Waals surface area contributed by atoms with E-state index in [1.54, 1.807) is 0 Å². The van der Waals surface area contributed by atoms with Crippen LogP contribution in [0.15, 0.2) is 4.42 Å². The summed E-state index contributed by atoms with van der Waals surface area (Å²) in [6.07, 6.45) is 1.04. The Bertz CT molecular complexity index is 290. The Hall–Kier alpha value is -1.10. The highest BCUT2D eigenvalue weighted by molar-refractivity contribution is 5.16. The first kappa shape index (κ1) is 12.0. The van der Waals surface area contributed by atoms with E-state index < -0.39 is 0 Å². The first-order valence-corrected chi connectivity index (χ1v) is 5.32. The summed E-state index contributed by atoms with van der Waals surface area (Å²) in [5, 5.41) is 14.1. The standard InChI is InChI=1S/C10H20N4O/c1-5-6-11-9-14-13-8(15-9)7-12-10(2,3)4/h12H,5-7H2,1-4H3,(H,11,14). The second kappa shape index (κ2) is 5.11. The van der Waals surface area contributed by atoms with Crippen molar-refractivity contribution >= 4 is 6.01 Å². The highest BCUT2D eigenvalue weighted by Gasteiger charge is 2.11. The third-order valence-corrected chi connectivity index (χ3v) is 1.76. The van der Waals surface area contributed by atoms with Gasteiger partial charge in [-0.2, -0.15) is 0 Å². The Morgan fingerprint density at radius 3 is 2.60 bits per heavy atom. The van der Waals surface area contributed by atoms with Crippen LogP contribution in [0.1, 0.15) is 40.0 Å². The minimum Gasteiger partial charge on any atom is -0.407 e. The SMILES string of the molecule is CCCNc1nnc(CNC(C)(C)C)o1. The van der Waals surface area contributed by atoms with Crippen LogP contribution in [-0.4, -0.2) is 22.3 Å². The molecule has 0 fully saturated rings. The molecular formula is C10H20N4O. The molecule has 1 aromatic heterocycles. The van der Waals surface area contributed by atoms with Gasteiger partial charge in [-0.25, -0.2) is 0 Å². The largest absolute Gasteiger partial charge is 0.407 e. The fraction of sp³-hybridized carbons (Fsp3) is 0.800. The summed E-state index contributed by atoms with van der Waals surface area (Å²) >= 11 is 0. The Labute approximate surface area is 90.7 Å². The molecule has 0 saturated heterocycles. The molecule has 0 unspecified atom stereocenters. The molecule has 1 heterocycles. The van der Waals surface area contributed by atoms with Gasteiger partial charge in [0.05, 0.1) is 6.54 Å². The zero-order chi connectivity index (χ0) is 11.3. The van der Waals surface area contributed by atoms with Crippen LogP contribution in [-0.2, 0) is 6.54 Å². The number of nitrogens with zero attached hydrogens (tertiary/aromatic N) is 2. The zero-order valence-electron chi connectivity index (χ0n) is 9.92. The van der Waals surface area contributed by atoms with Crippen LogP contribution < -0.4 is 10.6 Å². The van der Waals surface area contributed by atoms with Crippen LogP contribution >= 0.6 is 0 Å². The molecule has 5 nitrogen and oxygen atoms in total. The Kier molecular flexibility index (Phi) is 4.08. The van der Waals surface area contributed by atoms with E-state index in [9.17, 15) is 0 Å². The third-order valence-electron chi connectivity index (χ3n) is 1.76. The van der Waals surface area contributed by atoms with Crippen LogP contribution in [0.25, 0.3) is 0 Å². The number of hydrogen-bond donors (Lipinski definition) is 2. The lowest BCUT2D eigenvalue weighted by atomic mass is 10.1. The lowest BCUT2D eigenvalue weighted by Crippen LogP contribution is -2.35. The quantitative estimate of drug-likeness (QED) is 0.779. The molecule has 86 valence electrons. The predicted molar refractivity (Wildman–Crippen MR) is 59.7 cm³/mol. The van der Waals surface area contributed by atoms with Crippen LogP contribution in [0.5, 0.6) is 0 Å². The summed E-state index contributed by atoms with van der Waals surface area (Å²) < 4.78 is 5.39. The van der Waals surface area contributed by atoms with Crippen molar-refractivity contribution in [1.82, 2.24) is 15.5 Å². The molecular weight excluding hydrogens is 192 g/mol. The molecule has 15 heavy (non-hydrogen) atoms. The summed E-state index contributed by atoms with van der Waals surface area (Å²) in [4.78, 5) is 0. The number of rotatable bonds is 5. The third kappa shape index (κ3) is 4.78. The van der Waals surface area contributed by atoms with Crippen molar-refractivity contribution in [2.75, 3.05) is 11.9 Å². The van der Waals surface area contributed by atoms with E-state index in [1.807, 2.05) is 0 Å². The molecule has 2 N–H and O–H groups in total. The molecule has 0 spiro atoms. The number of anilines is 1. The van der Waals surface area contributed by atoms with E-state index in [2.05, 4.69) is 48.5 Å². The maximum Gasteiger partial charge on any atom is 0.315 e. The van der Waals surface area contributed by atoms with E-state index in [-0.39, 0.29) is 5.54 Å². The molecule has 0 bridgehead atoms. The molecule has 1 aromatic rings. The molecule has 0 aliphatic carbocycles. The second-order valence-electron chi connectivity index (χ2n) is 4.53. The van der Waals surface area contributed by atoms with E-state index >= 15 is 0 Å². The monoisotopic (exact) mass is 212 g/mol. The molecule has 0 radical (unpaired) electrons. The van der Waals surface area contributed by atoms with Crippen LogP contribution in [0.2, 0.25) is 0 Å². The minimum atomic E-state index is 0.0610. The van der Waals surface area contributed by atoms with Gasteiger partial charge in [0.15, 0.2) is 0 Å². The van der Waals surface area contributed by atoms with Gasteiger partial charge >= 0.3 is 6.01 Å². The Balaban J connectivity index is 2.39. The van der Waals surface area contributed by atoms with Gasteiger partial charge in [-0.3, -0.25) is 0 Å². The zero-order valence-corrected chi connectivity index (χ0v) is 9.92. The molecule has 0 amide bonds. The van der Waals surface area contributed by atoms with Crippen LogP contribution in [0, 0.1) is 0 Å². The van der Waals surface area contributed by atoms with Gasteiger partial charge < -0.3 is 15.1 Å². The lowest BCUT2D eigenvalue weighted by molar-refractivity contribution is 0.383. The summed E-state index contributed by atoms with van der Waals surface area (Å²) in [6.45, 7) is 9.84. The first-order chi connectivity index (χ1) is 7.01. The van der Waals surface area contributed by atoms with Gasteiger partial charge in [-0.1, -0.05) is 12.0 Å². The topological polar surface area (TPSA) is 63.0 Å². The maximum absolute atomic E-state index is 5.39. The highest BCUT2D eigenvalue weighted by Crippen LogP contribution is 2.07. The van der Waals surface area contributed by atoms with Gasteiger partial charge in [-0.05, 0) is 27.2 Å². The summed E-state index contributed by atoms with van der Waals surface area (Å²) in [5.74, 6) is 0.614. The summed E-state index contributed by atoms with van der Waals surface area (Å²) in [5.41, 5.74) is 0.0610. The second-order valence-corrected chi connectivity index (χ2v) is 4.53. The van der Waals surface area contributed by atoms with Gasteiger partial charge in [0.1, 0.15) is 0 Å². The van der Waals surface area contributed by atoms with Crippen LogP contribution in [0.3, 0.4) is 0 Å². The summed E-state index contributed by atoms with van der Waals surface area (Å²) in [6, 6.07) is 0.502. The van der Waals surface area contributed by atoms with E-state index in [4.69, 9.17) is 4.42 Å². The average molecular weight is 212 g/mol. The minimum absolute atomic E-state index is 0.0610. The lowest BCUT2D eigenvalue weighted by Gasteiger charge is -2.18. The molecule has 0 aliphatic heterocycles. The fourth-order valence-corrected chi connectivity index (χ4v) is 0.969. The number of hydrogen-bond acceptors (Lipinski definition) is 5. The van der Waals surface area contributed by atoms with Gasteiger partial charge in [0, 0.05) is 12.1 Å². The van der Waals surface area contributed by atoms with Gasteiger partial charge in [0.2, 0.25) is 5.89 Å². The highest BCUT2D eigenvalue weighted by atomic mass is 16.4. The Morgan fingerprint density at radius 2 is 2.00 bits per heavy atom. The average Bonchev–Trinajstić information content (AvgIpc) is 2.58. The predicted octanol–water partition coefficient (Wildman–Crippen LogP) is 1.78. The van der Waals surface area contributed by atoms with E-state index in [1.165, 1.54) is 0 Å². The molecule has 0 aliphatic rings. The number of aromatic nitrogens is 2. The van der Waals surface area contributed by atoms with Crippen molar-refractivity contribution in [1.29, 1.82) is 0 Å². The first-order valence-electron chi connectivity index (χ1n) is 5.32.